The monoisotopic (exact) mass is 254 g/mol. The van der Waals surface area contributed by atoms with Gasteiger partial charge in [0.1, 0.15) is 0 Å². The molecule has 0 atom stereocenters. The van der Waals surface area contributed by atoms with E-state index >= 15 is 0 Å². The Balaban J connectivity index is 2.46. The first-order valence-electron chi connectivity index (χ1n) is 7.09. The number of hydrogen-bond acceptors (Lipinski definition) is 2. The van der Waals surface area contributed by atoms with Crippen LogP contribution < -0.4 is 0 Å². The van der Waals surface area contributed by atoms with Gasteiger partial charge >= 0.3 is 0 Å². The average molecular weight is 254 g/mol. The summed E-state index contributed by atoms with van der Waals surface area (Å²) >= 11 is 0. The third-order valence-electron chi connectivity index (χ3n) is 3.65. The maximum atomic E-state index is 11.8. The van der Waals surface area contributed by atoms with Gasteiger partial charge in [-0.3, -0.25) is 9.59 Å². The van der Waals surface area contributed by atoms with E-state index in [4.69, 9.17) is 0 Å². The Morgan fingerprint density at radius 1 is 0.667 bits per heavy atom. The molecule has 0 aliphatic carbocycles. The van der Waals surface area contributed by atoms with Crippen molar-refractivity contribution in [3.63, 3.8) is 0 Å². The number of likely N-dealkylation sites (N-methyl/N-ethyl adjacent to an activating group) is 2. The average Bonchev–Trinajstić information content (AvgIpc) is 2.36. The predicted octanol–water partition coefficient (Wildman–Crippen LogP) is 2.04. The Labute approximate surface area is 110 Å². The summed E-state index contributed by atoms with van der Waals surface area (Å²) in [6.07, 6.45) is 7.92. The van der Waals surface area contributed by atoms with E-state index in [0.29, 0.717) is 25.9 Å². The number of carbonyl (C=O) groups excluding carboxylic acids is 2. The summed E-state index contributed by atoms with van der Waals surface area (Å²) in [4.78, 5) is 27.1. The smallest absolute Gasteiger partial charge is 0.222 e. The molecule has 0 radical (unpaired) electrons. The first-order valence-corrected chi connectivity index (χ1v) is 7.09. The third-order valence-corrected chi connectivity index (χ3v) is 3.65. The Bertz CT molecular complexity index is 251. The van der Waals surface area contributed by atoms with Crippen molar-refractivity contribution in [2.45, 2.75) is 51.4 Å². The van der Waals surface area contributed by atoms with E-state index in [9.17, 15) is 9.59 Å². The number of hydrogen-bond donors (Lipinski definition) is 0. The largest absolute Gasteiger partial charge is 0.344 e. The molecule has 0 aromatic carbocycles. The van der Waals surface area contributed by atoms with Crippen molar-refractivity contribution >= 4 is 11.8 Å². The van der Waals surface area contributed by atoms with Crippen LogP contribution in [0.5, 0.6) is 0 Å². The lowest BCUT2D eigenvalue weighted by atomic mass is 10.1. The molecule has 0 saturated carbocycles. The molecular formula is C14H26N2O2. The molecule has 4 nitrogen and oxygen atoms in total. The molecule has 0 bridgehead atoms. The summed E-state index contributed by atoms with van der Waals surface area (Å²) in [5.74, 6) is 0.404. The fourth-order valence-electron chi connectivity index (χ4n) is 2.19. The minimum absolute atomic E-state index is 0.202. The van der Waals surface area contributed by atoms with Gasteiger partial charge in [-0.25, -0.2) is 0 Å². The lowest BCUT2D eigenvalue weighted by Crippen LogP contribution is -2.37. The van der Waals surface area contributed by atoms with Crippen LogP contribution in [0.1, 0.15) is 51.4 Å². The minimum atomic E-state index is 0.202. The molecule has 1 fully saturated rings. The zero-order chi connectivity index (χ0) is 13.4. The molecule has 4 heteroatoms. The number of amides is 2. The summed E-state index contributed by atoms with van der Waals surface area (Å²) in [7, 11) is 3.65. The molecule has 18 heavy (non-hydrogen) atoms. The maximum Gasteiger partial charge on any atom is 0.222 e. The Kier molecular flexibility index (Phi) is 6.76. The van der Waals surface area contributed by atoms with Crippen LogP contribution in [0.2, 0.25) is 0 Å². The number of nitrogens with zero attached hydrogens (tertiary/aromatic N) is 2. The fourth-order valence-corrected chi connectivity index (χ4v) is 2.19. The fraction of sp³-hybridized carbons (Fsp3) is 0.857. The van der Waals surface area contributed by atoms with Crippen LogP contribution in [-0.2, 0) is 9.59 Å². The van der Waals surface area contributed by atoms with E-state index in [1.807, 2.05) is 14.1 Å². The van der Waals surface area contributed by atoms with Gasteiger partial charge in [0.05, 0.1) is 0 Å². The van der Waals surface area contributed by atoms with Crippen LogP contribution >= 0.6 is 0 Å². The molecule has 104 valence electrons. The van der Waals surface area contributed by atoms with E-state index < -0.39 is 0 Å². The van der Waals surface area contributed by atoms with Crippen molar-refractivity contribution in [1.82, 2.24) is 9.80 Å². The molecule has 1 aliphatic rings. The lowest BCUT2D eigenvalue weighted by Gasteiger charge is -2.23. The second-order valence-electron chi connectivity index (χ2n) is 5.25. The second-order valence-corrected chi connectivity index (χ2v) is 5.25. The summed E-state index contributed by atoms with van der Waals surface area (Å²) in [6.45, 7) is 1.28. The van der Waals surface area contributed by atoms with Crippen molar-refractivity contribution in [3.8, 4) is 0 Å². The first kappa shape index (κ1) is 15.0. The minimum Gasteiger partial charge on any atom is -0.344 e. The molecule has 0 aromatic heterocycles. The van der Waals surface area contributed by atoms with Crippen LogP contribution in [0.15, 0.2) is 0 Å². The van der Waals surface area contributed by atoms with Crippen molar-refractivity contribution in [2.75, 3.05) is 27.2 Å². The summed E-state index contributed by atoms with van der Waals surface area (Å²) < 4.78 is 0. The molecule has 1 aliphatic heterocycles. The molecule has 0 unspecified atom stereocenters. The molecule has 1 saturated heterocycles. The number of rotatable bonds is 0. The molecule has 1 heterocycles. The Hall–Kier alpha value is -1.06. The van der Waals surface area contributed by atoms with Gasteiger partial charge < -0.3 is 9.80 Å². The highest BCUT2D eigenvalue weighted by Crippen LogP contribution is 2.11. The zero-order valence-corrected chi connectivity index (χ0v) is 11.8. The first-order chi connectivity index (χ1) is 8.61. The van der Waals surface area contributed by atoms with E-state index in [1.165, 1.54) is 12.8 Å². The quantitative estimate of drug-likeness (QED) is 0.663. The highest BCUT2D eigenvalue weighted by molar-refractivity contribution is 5.77. The van der Waals surface area contributed by atoms with Gasteiger partial charge in [0.2, 0.25) is 11.8 Å². The van der Waals surface area contributed by atoms with Crippen LogP contribution in [0.4, 0.5) is 0 Å². The van der Waals surface area contributed by atoms with E-state index in [-0.39, 0.29) is 11.8 Å². The summed E-state index contributed by atoms with van der Waals surface area (Å²) in [6, 6.07) is 0. The third kappa shape index (κ3) is 5.52. The molecule has 0 N–H and O–H groups in total. The van der Waals surface area contributed by atoms with Gasteiger partial charge in [0.25, 0.3) is 0 Å². The normalized spacial score (nSPS) is 21.9. The van der Waals surface area contributed by atoms with Gasteiger partial charge in [0, 0.05) is 40.0 Å². The standard InChI is InChI=1S/C14H26N2O2/c1-15-11-12-16(2)14(18)10-8-6-4-3-5-7-9-13(15)17/h3-12H2,1-2H3. The lowest BCUT2D eigenvalue weighted by molar-refractivity contribution is -0.133. The van der Waals surface area contributed by atoms with Gasteiger partial charge in [-0.15, -0.1) is 0 Å². The van der Waals surface area contributed by atoms with E-state index in [0.717, 1.165) is 25.7 Å². The molecule has 0 spiro atoms. The van der Waals surface area contributed by atoms with Crippen LogP contribution in [0.25, 0.3) is 0 Å². The Morgan fingerprint density at radius 2 is 1.00 bits per heavy atom. The summed E-state index contributed by atoms with van der Waals surface area (Å²) in [5, 5.41) is 0. The van der Waals surface area contributed by atoms with Crippen molar-refractivity contribution < 1.29 is 9.59 Å². The van der Waals surface area contributed by atoms with Gasteiger partial charge in [0.15, 0.2) is 0 Å². The number of carbonyl (C=O) groups is 2. The Morgan fingerprint density at radius 3 is 1.39 bits per heavy atom. The van der Waals surface area contributed by atoms with Crippen molar-refractivity contribution in [2.24, 2.45) is 0 Å². The second kappa shape index (κ2) is 8.11. The van der Waals surface area contributed by atoms with E-state index in [2.05, 4.69) is 0 Å². The van der Waals surface area contributed by atoms with Crippen molar-refractivity contribution in [3.05, 3.63) is 0 Å². The van der Waals surface area contributed by atoms with E-state index in [1.54, 1.807) is 9.80 Å². The van der Waals surface area contributed by atoms with Crippen LogP contribution in [0.3, 0.4) is 0 Å². The highest BCUT2D eigenvalue weighted by Gasteiger charge is 2.13. The maximum absolute atomic E-state index is 11.8. The predicted molar refractivity (Wildman–Crippen MR) is 72.2 cm³/mol. The van der Waals surface area contributed by atoms with Crippen molar-refractivity contribution in [1.29, 1.82) is 0 Å². The SMILES string of the molecule is CN1CCN(C)C(=O)CCCCCCCCC1=O. The zero-order valence-electron chi connectivity index (χ0n) is 11.8. The topological polar surface area (TPSA) is 40.6 Å². The molecular weight excluding hydrogens is 228 g/mol. The van der Waals surface area contributed by atoms with Gasteiger partial charge in [-0.05, 0) is 12.8 Å². The highest BCUT2D eigenvalue weighted by atomic mass is 16.2. The summed E-state index contributed by atoms with van der Waals surface area (Å²) in [5.41, 5.74) is 0. The molecule has 1 rings (SSSR count). The van der Waals surface area contributed by atoms with Crippen LogP contribution in [0, 0.1) is 0 Å². The van der Waals surface area contributed by atoms with Crippen LogP contribution in [-0.4, -0.2) is 48.8 Å². The molecule has 2 amide bonds. The molecule has 0 aromatic rings. The van der Waals surface area contributed by atoms with Gasteiger partial charge in [-0.2, -0.15) is 0 Å². The van der Waals surface area contributed by atoms with Gasteiger partial charge in [-0.1, -0.05) is 25.7 Å².